The molecule has 0 aliphatic carbocycles. The maximum Gasteiger partial charge on any atom is 0.338 e. The molecule has 2 aromatic carbocycles. The van der Waals surface area contributed by atoms with Crippen molar-refractivity contribution in [3.63, 3.8) is 0 Å². The van der Waals surface area contributed by atoms with Crippen LogP contribution in [0.15, 0.2) is 67.5 Å². The SMILES string of the molecule is Cc1c(O)ccc2c(COC(=O)c3ccc(SCc4cscn4)cc3)cc(=O)oc12. The van der Waals surface area contributed by atoms with E-state index in [1.807, 2.05) is 17.5 Å². The quantitative estimate of drug-likeness (QED) is 0.259. The van der Waals surface area contributed by atoms with Gasteiger partial charge in [-0.2, -0.15) is 0 Å². The van der Waals surface area contributed by atoms with E-state index in [1.54, 1.807) is 53.7 Å². The van der Waals surface area contributed by atoms with Crippen molar-refractivity contribution >= 4 is 40.0 Å². The number of aryl methyl sites for hydroxylation is 1. The summed E-state index contributed by atoms with van der Waals surface area (Å²) in [6.45, 7) is 1.58. The molecule has 0 radical (unpaired) electrons. The average Bonchev–Trinajstić information content (AvgIpc) is 3.27. The maximum absolute atomic E-state index is 12.4. The van der Waals surface area contributed by atoms with Crippen LogP contribution in [-0.4, -0.2) is 16.1 Å². The summed E-state index contributed by atoms with van der Waals surface area (Å²) in [6, 6.07) is 11.6. The highest BCUT2D eigenvalue weighted by atomic mass is 32.2. The molecule has 0 unspecified atom stereocenters. The second-order valence-electron chi connectivity index (χ2n) is 6.55. The van der Waals surface area contributed by atoms with Crippen molar-refractivity contribution < 1.29 is 19.1 Å². The lowest BCUT2D eigenvalue weighted by atomic mass is 10.1. The van der Waals surface area contributed by atoms with E-state index in [-0.39, 0.29) is 17.9 Å². The number of phenols is 1. The van der Waals surface area contributed by atoms with Gasteiger partial charge in [0.05, 0.1) is 16.8 Å². The molecule has 152 valence electrons. The number of esters is 1. The molecule has 0 saturated heterocycles. The van der Waals surface area contributed by atoms with E-state index >= 15 is 0 Å². The number of hydrogen-bond acceptors (Lipinski definition) is 8. The van der Waals surface area contributed by atoms with E-state index in [4.69, 9.17) is 9.15 Å². The number of carbonyl (C=O) groups excluding carboxylic acids is 1. The molecule has 0 aliphatic rings. The lowest BCUT2D eigenvalue weighted by molar-refractivity contribution is 0.0473. The van der Waals surface area contributed by atoms with Crippen LogP contribution in [0.25, 0.3) is 11.0 Å². The fourth-order valence-electron chi connectivity index (χ4n) is 2.92. The molecule has 0 bridgehead atoms. The van der Waals surface area contributed by atoms with Gasteiger partial charge in [0.1, 0.15) is 17.9 Å². The van der Waals surface area contributed by atoms with Crippen LogP contribution in [0.3, 0.4) is 0 Å². The standard InChI is InChI=1S/C22H17NO5S2/c1-13-19(24)7-6-18-15(8-20(25)28-21(13)18)9-27-22(26)14-2-4-17(5-3-14)30-11-16-10-29-12-23-16/h2-8,10,12,24H,9,11H2,1H3. The van der Waals surface area contributed by atoms with Crippen molar-refractivity contribution in [2.75, 3.05) is 0 Å². The lowest BCUT2D eigenvalue weighted by Gasteiger charge is -2.09. The number of aromatic hydroxyl groups is 1. The van der Waals surface area contributed by atoms with Crippen LogP contribution >= 0.6 is 23.1 Å². The van der Waals surface area contributed by atoms with Crippen LogP contribution < -0.4 is 5.63 Å². The largest absolute Gasteiger partial charge is 0.508 e. The molecule has 0 fully saturated rings. The van der Waals surface area contributed by atoms with Gasteiger partial charge in [-0.15, -0.1) is 23.1 Å². The Morgan fingerprint density at radius 3 is 2.77 bits per heavy atom. The Morgan fingerprint density at radius 1 is 1.23 bits per heavy atom. The molecule has 0 saturated carbocycles. The normalized spacial score (nSPS) is 11.0. The van der Waals surface area contributed by atoms with Crippen LogP contribution in [-0.2, 0) is 17.1 Å². The van der Waals surface area contributed by atoms with Crippen LogP contribution in [0.1, 0.15) is 27.2 Å². The van der Waals surface area contributed by atoms with Gasteiger partial charge < -0.3 is 14.3 Å². The third-order valence-electron chi connectivity index (χ3n) is 4.54. The smallest absolute Gasteiger partial charge is 0.338 e. The molecule has 30 heavy (non-hydrogen) atoms. The van der Waals surface area contributed by atoms with Gasteiger partial charge in [-0.05, 0) is 43.3 Å². The zero-order chi connectivity index (χ0) is 21.1. The molecule has 0 spiro atoms. The monoisotopic (exact) mass is 439 g/mol. The topological polar surface area (TPSA) is 89.6 Å². The maximum atomic E-state index is 12.4. The number of nitrogens with zero attached hydrogens (tertiary/aromatic N) is 1. The van der Waals surface area contributed by atoms with Gasteiger partial charge in [0.15, 0.2) is 0 Å². The number of phenolic OH excluding ortho intramolecular Hbond substituents is 1. The Morgan fingerprint density at radius 2 is 2.03 bits per heavy atom. The number of hydrogen-bond donors (Lipinski definition) is 1. The average molecular weight is 440 g/mol. The third kappa shape index (κ3) is 4.39. The molecule has 1 N–H and O–H groups in total. The first-order valence-corrected chi connectivity index (χ1v) is 11.0. The number of thiazole rings is 1. The van der Waals surface area contributed by atoms with Gasteiger partial charge in [-0.3, -0.25) is 0 Å². The molecule has 6 nitrogen and oxygen atoms in total. The first kappa shape index (κ1) is 20.2. The van der Waals surface area contributed by atoms with Crippen molar-refractivity contribution in [2.45, 2.75) is 24.2 Å². The fraction of sp³-hybridized carbons (Fsp3) is 0.136. The minimum absolute atomic E-state index is 0.0348. The second-order valence-corrected chi connectivity index (χ2v) is 8.31. The molecule has 2 heterocycles. The Bertz CT molecular complexity index is 1250. The van der Waals surface area contributed by atoms with Crippen molar-refractivity contribution in [1.82, 2.24) is 4.98 Å². The number of aromatic nitrogens is 1. The molecular formula is C22H17NO5S2. The van der Waals surface area contributed by atoms with Crippen LogP contribution in [0, 0.1) is 6.92 Å². The Balaban J connectivity index is 1.44. The minimum atomic E-state index is -0.566. The third-order valence-corrected chi connectivity index (χ3v) is 6.22. The Labute approximate surface area is 180 Å². The van der Waals surface area contributed by atoms with E-state index in [0.29, 0.717) is 22.1 Å². The van der Waals surface area contributed by atoms with E-state index < -0.39 is 11.6 Å². The minimum Gasteiger partial charge on any atom is -0.508 e. The van der Waals surface area contributed by atoms with E-state index in [9.17, 15) is 14.7 Å². The lowest BCUT2D eigenvalue weighted by Crippen LogP contribution is -2.08. The molecular weight excluding hydrogens is 422 g/mol. The van der Waals surface area contributed by atoms with Crippen molar-refractivity contribution in [3.05, 3.63) is 86.2 Å². The van der Waals surface area contributed by atoms with Crippen molar-refractivity contribution in [2.24, 2.45) is 0 Å². The first-order valence-electron chi connectivity index (χ1n) is 9.03. The molecule has 0 atom stereocenters. The first-order chi connectivity index (χ1) is 14.5. The van der Waals surface area contributed by atoms with Crippen LogP contribution in [0.4, 0.5) is 0 Å². The number of rotatable bonds is 6. The summed E-state index contributed by atoms with van der Waals surface area (Å²) in [4.78, 5) is 29.6. The number of benzene rings is 2. The summed E-state index contributed by atoms with van der Waals surface area (Å²) in [6.07, 6.45) is 0. The molecule has 4 rings (SSSR count). The number of carbonyl (C=O) groups is 1. The predicted octanol–water partition coefficient (Wildman–Crippen LogP) is 4.91. The zero-order valence-corrected chi connectivity index (χ0v) is 17.6. The highest BCUT2D eigenvalue weighted by Crippen LogP contribution is 2.28. The van der Waals surface area contributed by atoms with Gasteiger partial charge in [-0.25, -0.2) is 14.6 Å². The highest BCUT2D eigenvalue weighted by Gasteiger charge is 2.13. The summed E-state index contributed by atoms with van der Waals surface area (Å²) in [5, 5.41) is 12.5. The summed E-state index contributed by atoms with van der Waals surface area (Å²) in [7, 11) is 0. The fourth-order valence-corrected chi connectivity index (χ4v) is 4.38. The number of ether oxygens (including phenoxy) is 1. The summed E-state index contributed by atoms with van der Waals surface area (Å²) in [5.41, 5.74) is 3.96. The van der Waals surface area contributed by atoms with Crippen LogP contribution in [0.5, 0.6) is 5.75 Å². The second kappa shape index (κ2) is 8.73. The Kier molecular flexibility index (Phi) is 5.87. The zero-order valence-electron chi connectivity index (χ0n) is 16.0. The molecule has 4 aromatic rings. The summed E-state index contributed by atoms with van der Waals surface area (Å²) < 4.78 is 10.6. The predicted molar refractivity (Wildman–Crippen MR) is 116 cm³/mol. The van der Waals surface area contributed by atoms with E-state index in [0.717, 1.165) is 16.3 Å². The van der Waals surface area contributed by atoms with E-state index in [1.165, 1.54) is 12.1 Å². The van der Waals surface area contributed by atoms with Gasteiger partial charge in [0.25, 0.3) is 0 Å². The molecule has 0 aliphatic heterocycles. The van der Waals surface area contributed by atoms with Crippen molar-refractivity contribution in [1.29, 1.82) is 0 Å². The van der Waals surface area contributed by atoms with Gasteiger partial charge in [0.2, 0.25) is 0 Å². The molecule has 0 amide bonds. The van der Waals surface area contributed by atoms with Gasteiger partial charge >= 0.3 is 11.6 Å². The van der Waals surface area contributed by atoms with Crippen molar-refractivity contribution in [3.8, 4) is 5.75 Å². The molecule has 8 heteroatoms. The summed E-state index contributed by atoms with van der Waals surface area (Å²) >= 11 is 3.20. The Hall–Kier alpha value is -3.10. The number of fused-ring (bicyclic) bond motifs is 1. The van der Waals surface area contributed by atoms with E-state index in [2.05, 4.69) is 4.98 Å². The highest BCUT2D eigenvalue weighted by molar-refractivity contribution is 7.98. The number of thioether (sulfide) groups is 1. The van der Waals surface area contributed by atoms with Gasteiger partial charge in [0, 0.05) is 38.6 Å². The summed E-state index contributed by atoms with van der Waals surface area (Å²) in [5.74, 6) is 0.321. The molecule has 2 aromatic heterocycles. The van der Waals surface area contributed by atoms with Crippen LogP contribution in [0.2, 0.25) is 0 Å². The van der Waals surface area contributed by atoms with Gasteiger partial charge in [-0.1, -0.05) is 0 Å².